The monoisotopic (exact) mass is 434 g/mol. The van der Waals surface area contributed by atoms with Crippen LogP contribution in [0.15, 0.2) is 53.8 Å². The minimum Gasteiger partial charge on any atom is -0.379 e. The summed E-state index contributed by atoms with van der Waals surface area (Å²) in [6.07, 6.45) is 4.57. The van der Waals surface area contributed by atoms with E-state index in [-0.39, 0.29) is 27.9 Å². The lowest BCUT2D eigenvalue weighted by atomic mass is 10.0. The number of aromatic nitrogens is 3. The number of carbonyl (C=O) groups excluding carboxylic acids is 1. The van der Waals surface area contributed by atoms with Crippen LogP contribution in [-0.4, -0.2) is 42.2 Å². The van der Waals surface area contributed by atoms with Crippen molar-refractivity contribution < 1.29 is 26.7 Å². The van der Waals surface area contributed by atoms with E-state index in [1.165, 1.54) is 35.4 Å². The van der Waals surface area contributed by atoms with Gasteiger partial charge in [-0.05, 0) is 30.7 Å². The zero-order valence-electron chi connectivity index (χ0n) is 15.5. The molecule has 8 nitrogen and oxygen atoms in total. The molecule has 2 aromatic heterocycles. The number of rotatable bonds is 6. The number of sulfonamides is 1. The van der Waals surface area contributed by atoms with Crippen LogP contribution in [0.2, 0.25) is 0 Å². The van der Waals surface area contributed by atoms with Crippen LogP contribution >= 0.6 is 0 Å². The molecule has 1 aliphatic heterocycles. The first kappa shape index (κ1) is 20.1. The Morgan fingerprint density at radius 3 is 2.70 bits per heavy atom. The van der Waals surface area contributed by atoms with Gasteiger partial charge in [-0.2, -0.15) is 5.10 Å². The van der Waals surface area contributed by atoms with Crippen molar-refractivity contribution in [3.63, 3.8) is 0 Å². The van der Waals surface area contributed by atoms with Gasteiger partial charge in [0.05, 0.1) is 24.4 Å². The topological polar surface area (TPSA) is 103 Å². The van der Waals surface area contributed by atoms with Crippen molar-refractivity contribution in [1.82, 2.24) is 14.8 Å². The van der Waals surface area contributed by atoms with Crippen LogP contribution in [0.3, 0.4) is 0 Å². The van der Waals surface area contributed by atoms with Gasteiger partial charge in [-0.3, -0.25) is 14.2 Å². The molecule has 11 heteroatoms. The summed E-state index contributed by atoms with van der Waals surface area (Å²) in [5, 5.41) is 4.08. The fourth-order valence-electron chi connectivity index (χ4n) is 3.09. The van der Waals surface area contributed by atoms with Gasteiger partial charge in [0.2, 0.25) is 0 Å². The molecular formula is C19H16F2N4O4S. The van der Waals surface area contributed by atoms with Crippen molar-refractivity contribution in [2.75, 3.05) is 17.9 Å². The zero-order valence-corrected chi connectivity index (χ0v) is 16.3. The first-order valence-electron chi connectivity index (χ1n) is 8.94. The average molecular weight is 434 g/mol. The Hall–Kier alpha value is -3.18. The molecule has 1 N–H and O–H groups in total. The number of nitrogens with one attached hydrogen (secondary N) is 1. The smallest absolute Gasteiger partial charge is 0.266 e. The third kappa shape index (κ3) is 4.07. The Morgan fingerprint density at radius 1 is 1.23 bits per heavy atom. The number of pyridine rings is 1. The molecule has 1 unspecified atom stereocenters. The number of nitrogens with zero attached hydrogens (tertiary/aromatic N) is 3. The van der Waals surface area contributed by atoms with Crippen LogP contribution in [0.25, 0.3) is 0 Å². The van der Waals surface area contributed by atoms with E-state index in [0.29, 0.717) is 19.3 Å². The highest BCUT2D eigenvalue weighted by atomic mass is 32.2. The summed E-state index contributed by atoms with van der Waals surface area (Å²) < 4.78 is 61.6. The second kappa shape index (κ2) is 7.92. The highest BCUT2D eigenvalue weighted by Crippen LogP contribution is 2.23. The second-order valence-electron chi connectivity index (χ2n) is 6.67. The Kier molecular flexibility index (Phi) is 5.31. The normalized spacial score (nSPS) is 16.5. The van der Waals surface area contributed by atoms with Crippen molar-refractivity contribution >= 4 is 21.6 Å². The third-order valence-corrected chi connectivity index (χ3v) is 5.87. The minimum atomic E-state index is -4.11. The van der Waals surface area contributed by atoms with Crippen molar-refractivity contribution in [2.45, 2.75) is 17.4 Å². The van der Waals surface area contributed by atoms with E-state index >= 15 is 0 Å². The summed E-state index contributed by atoms with van der Waals surface area (Å²) >= 11 is 0. The molecule has 0 spiro atoms. The SMILES string of the molecule is O=C(c1cc(F)cc(F)c1)c1cccnc1NS(=O)(=O)c1cnn(C2CCOC2)c1. The first-order valence-corrected chi connectivity index (χ1v) is 10.4. The molecule has 156 valence electrons. The summed E-state index contributed by atoms with van der Waals surface area (Å²) in [6.45, 7) is 1.02. The van der Waals surface area contributed by atoms with Gasteiger partial charge in [-0.15, -0.1) is 0 Å². The number of ether oxygens (including phenoxy) is 1. The molecule has 1 saturated heterocycles. The molecule has 30 heavy (non-hydrogen) atoms. The molecular weight excluding hydrogens is 418 g/mol. The number of halogens is 2. The van der Waals surface area contributed by atoms with Crippen LogP contribution in [-0.2, 0) is 14.8 Å². The van der Waals surface area contributed by atoms with Crippen molar-refractivity contribution in [1.29, 1.82) is 0 Å². The van der Waals surface area contributed by atoms with E-state index in [2.05, 4.69) is 14.8 Å². The molecule has 0 amide bonds. The van der Waals surface area contributed by atoms with Crippen LogP contribution in [0.5, 0.6) is 0 Å². The summed E-state index contributed by atoms with van der Waals surface area (Å²) in [6, 6.07) is 5.04. The number of ketones is 1. The minimum absolute atomic E-state index is 0.0520. The molecule has 0 bridgehead atoms. The predicted molar refractivity (Wildman–Crippen MR) is 102 cm³/mol. The maximum absolute atomic E-state index is 13.5. The van der Waals surface area contributed by atoms with Crippen LogP contribution in [0.1, 0.15) is 28.4 Å². The van der Waals surface area contributed by atoms with Crippen LogP contribution in [0.4, 0.5) is 14.6 Å². The number of anilines is 1. The maximum atomic E-state index is 13.5. The Balaban J connectivity index is 1.63. The van der Waals surface area contributed by atoms with Crippen LogP contribution in [0, 0.1) is 11.6 Å². The van der Waals surface area contributed by atoms with Gasteiger partial charge >= 0.3 is 0 Å². The third-order valence-electron chi connectivity index (χ3n) is 4.58. The molecule has 1 atom stereocenters. The summed E-state index contributed by atoms with van der Waals surface area (Å²) in [5.41, 5.74) is -0.419. The molecule has 1 fully saturated rings. The molecule has 0 saturated carbocycles. The maximum Gasteiger partial charge on any atom is 0.266 e. The van der Waals surface area contributed by atoms with Gasteiger partial charge in [-0.25, -0.2) is 22.2 Å². The standard InChI is InChI=1S/C19H16F2N4O4S/c20-13-6-12(7-14(21)8-13)18(26)17-2-1-4-22-19(17)24-30(27,28)16-9-23-25(10-16)15-3-5-29-11-15/h1-2,4,6-10,15H,3,5,11H2,(H,22,24). The summed E-state index contributed by atoms with van der Waals surface area (Å²) in [5.74, 6) is -2.89. The van der Waals surface area contributed by atoms with Gasteiger partial charge < -0.3 is 4.74 Å². The number of carbonyl (C=O) groups is 1. The Morgan fingerprint density at radius 2 is 2.00 bits per heavy atom. The van der Waals surface area contributed by atoms with Crippen molar-refractivity contribution in [3.8, 4) is 0 Å². The van der Waals surface area contributed by atoms with E-state index < -0.39 is 27.4 Å². The van der Waals surface area contributed by atoms with Gasteiger partial charge in [0.25, 0.3) is 10.0 Å². The first-order chi connectivity index (χ1) is 14.3. The highest BCUT2D eigenvalue weighted by Gasteiger charge is 2.25. The number of hydrogen-bond acceptors (Lipinski definition) is 6. The number of benzene rings is 1. The van der Waals surface area contributed by atoms with Crippen LogP contribution < -0.4 is 4.72 Å². The fraction of sp³-hybridized carbons (Fsp3) is 0.211. The van der Waals surface area contributed by atoms with Gasteiger partial charge in [0.1, 0.15) is 16.5 Å². The van der Waals surface area contributed by atoms with E-state index in [1.807, 2.05) is 0 Å². The lowest BCUT2D eigenvalue weighted by Crippen LogP contribution is -2.17. The fourth-order valence-corrected chi connectivity index (χ4v) is 4.05. The quantitative estimate of drug-likeness (QED) is 0.598. The molecule has 3 aromatic rings. The Bertz CT molecular complexity index is 1190. The second-order valence-corrected chi connectivity index (χ2v) is 8.35. The van der Waals surface area contributed by atoms with Crippen molar-refractivity contribution in [2.24, 2.45) is 0 Å². The number of hydrogen-bond donors (Lipinski definition) is 1. The molecule has 0 radical (unpaired) electrons. The predicted octanol–water partition coefficient (Wildman–Crippen LogP) is 2.55. The van der Waals surface area contributed by atoms with E-state index in [4.69, 9.17) is 4.74 Å². The average Bonchev–Trinajstić information content (AvgIpc) is 3.39. The molecule has 0 aliphatic carbocycles. The Labute approximate surface area is 170 Å². The molecule has 1 aliphatic rings. The summed E-state index contributed by atoms with van der Waals surface area (Å²) in [7, 11) is -4.11. The van der Waals surface area contributed by atoms with Gasteiger partial charge in [0.15, 0.2) is 11.6 Å². The van der Waals surface area contributed by atoms with Gasteiger partial charge in [-0.1, -0.05) is 0 Å². The largest absolute Gasteiger partial charge is 0.379 e. The van der Waals surface area contributed by atoms with E-state index in [1.54, 1.807) is 0 Å². The molecule has 4 rings (SSSR count). The van der Waals surface area contributed by atoms with Crippen molar-refractivity contribution in [3.05, 3.63) is 71.7 Å². The lowest BCUT2D eigenvalue weighted by molar-refractivity contribution is 0.103. The van der Waals surface area contributed by atoms with E-state index in [0.717, 1.165) is 18.6 Å². The zero-order chi connectivity index (χ0) is 21.3. The molecule has 3 heterocycles. The lowest BCUT2D eigenvalue weighted by Gasteiger charge is -2.10. The van der Waals surface area contributed by atoms with E-state index in [9.17, 15) is 22.0 Å². The summed E-state index contributed by atoms with van der Waals surface area (Å²) in [4.78, 5) is 16.5. The highest BCUT2D eigenvalue weighted by molar-refractivity contribution is 7.92. The molecule has 1 aromatic carbocycles. The van der Waals surface area contributed by atoms with Gasteiger partial charge in [0, 0.05) is 30.6 Å².